The van der Waals surface area contributed by atoms with E-state index in [0.717, 1.165) is 15.7 Å². The molecule has 19 heavy (non-hydrogen) atoms. The molecule has 0 spiro atoms. The molecule has 2 heterocycles. The van der Waals surface area contributed by atoms with E-state index in [0.29, 0.717) is 19.5 Å². The van der Waals surface area contributed by atoms with Crippen molar-refractivity contribution < 1.29 is 0 Å². The third kappa shape index (κ3) is 3.99. The van der Waals surface area contributed by atoms with Gasteiger partial charge in [-0.05, 0) is 18.6 Å². The van der Waals surface area contributed by atoms with Crippen molar-refractivity contribution in [1.82, 2.24) is 15.2 Å². The molecule has 0 radical (unpaired) electrons. The van der Waals surface area contributed by atoms with E-state index in [1.165, 1.54) is 11.3 Å². The summed E-state index contributed by atoms with van der Waals surface area (Å²) in [4.78, 5) is 6.18. The van der Waals surface area contributed by atoms with Gasteiger partial charge in [0.25, 0.3) is 0 Å². The van der Waals surface area contributed by atoms with Gasteiger partial charge in [-0.1, -0.05) is 17.4 Å². The van der Waals surface area contributed by atoms with Gasteiger partial charge in [0.05, 0.1) is 5.84 Å². The Hall–Kier alpha value is -2.02. The first-order chi connectivity index (χ1) is 9.15. The third-order valence-electron chi connectivity index (χ3n) is 2.53. The predicted octanol–water partition coefficient (Wildman–Crippen LogP) is 1.57. The normalized spacial score (nSPS) is 10.4. The van der Waals surface area contributed by atoms with Crippen molar-refractivity contribution in [3.63, 3.8) is 0 Å². The SMILES string of the molecule is Cc1nnc(N(CCC(=N)N)Cc2cccnc2)s1. The van der Waals surface area contributed by atoms with Gasteiger partial charge in [0.15, 0.2) is 0 Å². The number of hydrogen-bond donors (Lipinski definition) is 2. The van der Waals surface area contributed by atoms with Crippen LogP contribution in [0.2, 0.25) is 0 Å². The van der Waals surface area contributed by atoms with Crippen LogP contribution in [0, 0.1) is 12.3 Å². The molecule has 2 aromatic heterocycles. The number of rotatable bonds is 6. The lowest BCUT2D eigenvalue weighted by molar-refractivity contribution is 0.785. The van der Waals surface area contributed by atoms with E-state index >= 15 is 0 Å². The fourth-order valence-electron chi connectivity index (χ4n) is 1.62. The summed E-state index contributed by atoms with van der Waals surface area (Å²) in [5.41, 5.74) is 6.53. The predicted molar refractivity (Wildman–Crippen MR) is 76.5 cm³/mol. The molecule has 0 saturated heterocycles. The minimum absolute atomic E-state index is 0.178. The van der Waals surface area contributed by atoms with Crippen LogP contribution >= 0.6 is 11.3 Å². The minimum atomic E-state index is 0.178. The molecular formula is C12H16N6S. The lowest BCUT2D eigenvalue weighted by Gasteiger charge is -2.20. The summed E-state index contributed by atoms with van der Waals surface area (Å²) >= 11 is 1.54. The second-order valence-electron chi connectivity index (χ2n) is 4.16. The number of aromatic nitrogens is 3. The van der Waals surface area contributed by atoms with Crippen LogP contribution < -0.4 is 10.6 Å². The number of amidine groups is 1. The molecule has 6 nitrogen and oxygen atoms in total. The second kappa shape index (κ2) is 6.24. The van der Waals surface area contributed by atoms with Gasteiger partial charge in [0.1, 0.15) is 5.01 Å². The number of aryl methyl sites for hydroxylation is 1. The van der Waals surface area contributed by atoms with E-state index in [4.69, 9.17) is 11.1 Å². The van der Waals surface area contributed by atoms with Crippen LogP contribution in [0.25, 0.3) is 0 Å². The summed E-state index contributed by atoms with van der Waals surface area (Å²) in [5.74, 6) is 0.178. The van der Waals surface area contributed by atoms with Crippen molar-refractivity contribution in [3.05, 3.63) is 35.1 Å². The second-order valence-corrected chi connectivity index (χ2v) is 5.32. The van der Waals surface area contributed by atoms with E-state index in [-0.39, 0.29) is 5.84 Å². The molecule has 0 aliphatic rings. The lowest BCUT2D eigenvalue weighted by atomic mass is 10.2. The molecule has 0 aromatic carbocycles. The zero-order chi connectivity index (χ0) is 13.7. The lowest BCUT2D eigenvalue weighted by Crippen LogP contribution is -2.27. The van der Waals surface area contributed by atoms with Gasteiger partial charge in [-0.15, -0.1) is 10.2 Å². The highest BCUT2D eigenvalue weighted by molar-refractivity contribution is 7.15. The summed E-state index contributed by atoms with van der Waals surface area (Å²) < 4.78 is 0. The molecule has 0 amide bonds. The maximum Gasteiger partial charge on any atom is 0.208 e. The standard InChI is InChI=1S/C12H16N6S/c1-9-16-17-12(19-9)18(6-4-11(13)14)8-10-3-2-5-15-7-10/h2-3,5,7H,4,6,8H2,1H3,(H3,13,14). The highest BCUT2D eigenvalue weighted by Gasteiger charge is 2.12. The monoisotopic (exact) mass is 276 g/mol. The molecule has 0 saturated carbocycles. The molecule has 100 valence electrons. The molecule has 2 rings (SSSR count). The maximum atomic E-state index is 7.34. The summed E-state index contributed by atoms with van der Waals surface area (Å²) in [7, 11) is 0. The van der Waals surface area contributed by atoms with E-state index in [2.05, 4.69) is 20.1 Å². The van der Waals surface area contributed by atoms with Crippen molar-refractivity contribution in [2.24, 2.45) is 5.73 Å². The van der Waals surface area contributed by atoms with Gasteiger partial charge in [-0.3, -0.25) is 10.4 Å². The van der Waals surface area contributed by atoms with Gasteiger partial charge in [-0.2, -0.15) is 0 Å². The first-order valence-electron chi connectivity index (χ1n) is 5.92. The zero-order valence-corrected chi connectivity index (χ0v) is 11.5. The molecule has 7 heteroatoms. The zero-order valence-electron chi connectivity index (χ0n) is 10.7. The van der Waals surface area contributed by atoms with Gasteiger partial charge < -0.3 is 10.6 Å². The van der Waals surface area contributed by atoms with Crippen LogP contribution in [0.4, 0.5) is 5.13 Å². The molecule has 0 fully saturated rings. The topological polar surface area (TPSA) is 91.8 Å². The smallest absolute Gasteiger partial charge is 0.208 e. The summed E-state index contributed by atoms with van der Waals surface area (Å²) in [6.45, 7) is 3.27. The highest BCUT2D eigenvalue weighted by Crippen LogP contribution is 2.21. The number of pyridine rings is 1. The third-order valence-corrected chi connectivity index (χ3v) is 3.43. The van der Waals surface area contributed by atoms with Crippen LogP contribution in [0.5, 0.6) is 0 Å². The number of nitrogens with two attached hydrogens (primary N) is 1. The molecule has 0 aliphatic carbocycles. The number of anilines is 1. The first kappa shape index (κ1) is 13.4. The van der Waals surface area contributed by atoms with E-state index in [1.807, 2.05) is 25.3 Å². The minimum Gasteiger partial charge on any atom is -0.388 e. The van der Waals surface area contributed by atoms with Crippen molar-refractivity contribution in [2.75, 3.05) is 11.4 Å². The van der Waals surface area contributed by atoms with Gasteiger partial charge in [0.2, 0.25) is 5.13 Å². The molecule has 0 atom stereocenters. The summed E-state index contributed by atoms with van der Waals surface area (Å²) in [5, 5.41) is 17.3. The molecule has 0 bridgehead atoms. The van der Waals surface area contributed by atoms with Crippen LogP contribution in [-0.2, 0) is 6.54 Å². The molecule has 2 aromatic rings. The summed E-state index contributed by atoms with van der Waals surface area (Å²) in [6.07, 6.45) is 4.09. The van der Waals surface area contributed by atoms with Gasteiger partial charge in [0, 0.05) is 31.9 Å². The van der Waals surface area contributed by atoms with Crippen molar-refractivity contribution in [3.8, 4) is 0 Å². The highest BCUT2D eigenvalue weighted by atomic mass is 32.1. The quantitative estimate of drug-likeness (QED) is 0.617. The van der Waals surface area contributed by atoms with E-state index in [1.54, 1.807) is 6.20 Å². The summed E-state index contributed by atoms with van der Waals surface area (Å²) in [6, 6.07) is 3.92. The van der Waals surface area contributed by atoms with Crippen LogP contribution in [-0.4, -0.2) is 27.6 Å². The van der Waals surface area contributed by atoms with Gasteiger partial charge >= 0.3 is 0 Å². The Kier molecular flexibility index (Phi) is 4.40. The average molecular weight is 276 g/mol. The Morgan fingerprint density at radius 1 is 1.47 bits per heavy atom. The van der Waals surface area contributed by atoms with Crippen LogP contribution in [0.3, 0.4) is 0 Å². The Balaban J connectivity index is 2.12. The fourth-order valence-corrected chi connectivity index (χ4v) is 2.34. The Labute approximate surface area is 115 Å². The van der Waals surface area contributed by atoms with Crippen molar-refractivity contribution >= 4 is 22.3 Å². The molecular weight excluding hydrogens is 260 g/mol. The Bertz CT molecular complexity index is 538. The number of nitrogens with one attached hydrogen (secondary N) is 1. The van der Waals surface area contributed by atoms with Crippen LogP contribution in [0.1, 0.15) is 17.0 Å². The first-order valence-corrected chi connectivity index (χ1v) is 6.73. The maximum absolute atomic E-state index is 7.34. The van der Waals surface area contributed by atoms with E-state index < -0.39 is 0 Å². The largest absolute Gasteiger partial charge is 0.388 e. The van der Waals surface area contributed by atoms with E-state index in [9.17, 15) is 0 Å². The fraction of sp³-hybridized carbons (Fsp3) is 0.333. The van der Waals surface area contributed by atoms with Crippen molar-refractivity contribution in [1.29, 1.82) is 5.41 Å². The molecule has 0 aliphatic heterocycles. The van der Waals surface area contributed by atoms with Crippen LogP contribution in [0.15, 0.2) is 24.5 Å². The van der Waals surface area contributed by atoms with Crippen molar-refractivity contribution in [2.45, 2.75) is 19.9 Å². The van der Waals surface area contributed by atoms with Gasteiger partial charge in [-0.25, -0.2) is 0 Å². The average Bonchev–Trinajstić information content (AvgIpc) is 2.82. The molecule has 3 N–H and O–H groups in total. The molecule has 0 unspecified atom stereocenters. The number of hydrogen-bond acceptors (Lipinski definition) is 6. The Morgan fingerprint density at radius 3 is 2.89 bits per heavy atom. The Morgan fingerprint density at radius 2 is 2.32 bits per heavy atom. The number of nitrogens with zero attached hydrogens (tertiary/aromatic N) is 4.